The molecule has 2 atom stereocenters. The SMILES string of the molecule is OCC1CN(c2cnc3ccccc3n2)CC1CN1CCCC1. The number of hydrogen-bond donors (Lipinski definition) is 1. The van der Waals surface area contributed by atoms with Crippen LogP contribution in [-0.4, -0.2) is 59.3 Å². The zero-order chi connectivity index (χ0) is 15.6. The van der Waals surface area contributed by atoms with Crippen molar-refractivity contribution >= 4 is 16.9 Å². The Kier molecular flexibility index (Phi) is 4.14. The van der Waals surface area contributed by atoms with Crippen molar-refractivity contribution in [3.8, 4) is 0 Å². The molecule has 23 heavy (non-hydrogen) atoms. The van der Waals surface area contributed by atoms with Gasteiger partial charge in [-0.1, -0.05) is 12.1 Å². The second kappa shape index (κ2) is 6.42. The van der Waals surface area contributed by atoms with Crippen LogP contribution in [0.2, 0.25) is 0 Å². The van der Waals surface area contributed by atoms with Gasteiger partial charge in [0.05, 0.1) is 17.2 Å². The molecule has 2 aliphatic rings. The van der Waals surface area contributed by atoms with Crippen LogP contribution in [0.4, 0.5) is 5.82 Å². The Labute approximate surface area is 137 Å². The standard InChI is InChI=1S/C18H24N4O/c23-13-15-12-22(11-14(15)10-21-7-3-4-8-21)18-9-19-16-5-1-2-6-17(16)20-18/h1-2,5-6,9,14-15,23H,3-4,7-8,10-13H2. The summed E-state index contributed by atoms with van der Waals surface area (Å²) in [5.41, 5.74) is 1.87. The number of rotatable bonds is 4. The predicted molar refractivity (Wildman–Crippen MR) is 91.5 cm³/mol. The van der Waals surface area contributed by atoms with Gasteiger partial charge in [0, 0.05) is 32.2 Å². The Bertz CT molecular complexity index is 671. The van der Waals surface area contributed by atoms with E-state index in [9.17, 15) is 5.11 Å². The summed E-state index contributed by atoms with van der Waals surface area (Å²) < 4.78 is 0. The molecule has 1 N–H and O–H groups in total. The molecule has 0 spiro atoms. The van der Waals surface area contributed by atoms with Gasteiger partial charge in [0.25, 0.3) is 0 Å². The Morgan fingerprint density at radius 3 is 2.57 bits per heavy atom. The fourth-order valence-electron chi connectivity index (χ4n) is 3.94. The van der Waals surface area contributed by atoms with Crippen LogP contribution in [0.3, 0.4) is 0 Å². The van der Waals surface area contributed by atoms with Gasteiger partial charge in [0.2, 0.25) is 0 Å². The largest absolute Gasteiger partial charge is 0.396 e. The van der Waals surface area contributed by atoms with Crippen LogP contribution in [0.1, 0.15) is 12.8 Å². The topological polar surface area (TPSA) is 52.5 Å². The van der Waals surface area contributed by atoms with E-state index in [1.54, 1.807) is 0 Å². The smallest absolute Gasteiger partial charge is 0.147 e. The quantitative estimate of drug-likeness (QED) is 0.932. The molecule has 0 radical (unpaired) electrons. The van der Waals surface area contributed by atoms with E-state index in [2.05, 4.69) is 14.8 Å². The molecule has 5 heteroatoms. The van der Waals surface area contributed by atoms with Gasteiger partial charge in [-0.15, -0.1) is 0 Å². The van der Waals surface area contributed by atoms with E-state index in [-0.39, 0.29) is 6.61 Å². The van der Waals surface area contributed by atoms with Crippen LogP contribution in [0, 0.1) is 11.8 Å². The highest BCUT2D eigenvalue weighted by molar-refractivity contribution is 5.75. The highest BCUT2D eigenvalue weighted by Crippen LogP contribution is 2.29. The minimum atomic E-state index is 0.260. The molecular weight excluding hydrogens is 288 g/mol. The van der Waals surface area contributed by atoms with Crippen molar-refractivity contribution in [2.24, 2.45) is 11.8 Å². The summed E-state index contributed by atoms with van der Waals surface area (Å²) in [6.45, 7) is 5.63. The number of anilines is 1. The lowest BCUT2D eigenvalue weighted by Crippen LogP contribution is -2.32. The Morgan fingerprint density at radius 2 is 1.78 bits per heavy atom. The number of likely N-dealkylation sites (tertiary alicyclic amines) is 1. The van der Waals surface area contributed by atoms with Crippen molar-refractivity contribution in [1.29, 1.82) is 0 Å². The molecule has 2 aliphatic heterocycles. The van der Waals surface area contributed by atoms with E-state index in [1.807, 2.05) is 30.5 Å². The van der Waals surface area contributed by atoms with E-state index in [0.717, 1.165) is 36.5 Å². The van der Waals surface area contributed by atoms with Crippen LogP contribution < -0.4 is 4.90 Å². The Balaban J connectivity index is 1.51. The second-order valence-corrected chi connectivity index (χ2v) is 6.83. The van der Waals surface area contributed by atoms with Crippen LogP contribution in [-0.2, 0) is 0 Å². The number of nitrogens with zero attached hydrogens (tertiary/aromatic N) is 4. The first-order valence-corrected chi connectivity index (χ1v) is 8.63. The third-order valence-corrected chi connectivity index (χ3v) is 5.26. The van der Waals surface area contributed by atoms with Gasteiger partial charge < -0.3 is 14.9 Å². The number of aliphatic hydroxyl groups excluding tert-OH is 1. The molecule has 0 saturated carbocycles. The van der Waals surface area contributed by atoms with Crippen LogP contribution in [0.15, 0.2) is 30.5 Å². The van der Waals surface area contributed by atoms with Crippen molar-refractivity contribution in [2.75, 3.05) is 44.2 Å². The number of aliphatic hydroxyl groups is 1. The molecule has 3 heterocycles. The summed E-state index contributed by atoms with van der Waals surface area (Å²) in [6.07, 6.45) is 4.50. The van der Waals surface area contributed by atoms with Gasteiger partial charge in [-0.2, -0.15) is 0 Å². The van der Waals surface area contributed by atoms with Crippen molar-refractivity contribution in [3.63, 3.8) is 0 Å². The minimum absolute atomic E-state index is 0.260. The Hall–Kier alpha value is -1.72. The van der Waals surface area contributed by atoms with Gasteiger partial charge in [-0.3, -0.25) is 4.98 Å². The van der Waals surface area contributed by atoms with Crippen molar-refractivity contribution in [3.05, 3.63) is 30.5 Å². The average Bonchev–Trinajstić information content (AvgIpc) is 3.24. The van der Waals surface area contributed by atoms with E-state index in [1.165, 1.54) is 25.9 Å². The first kappa shape index (κ1) is 14.8. The number of para-hydroxylation sites is 2. The van der Waals surface area contributed by atoms with Crippen LogP contribution >= 0.6 is 0 Å². The summed E-state index contributed by atoms with van der Waals surface area (Å²) in [7, 11) is 0. The molecule has 0 bridgehead atoms. The van der Waals surface area contributed by atoms with E-state index in [0.29, 0.717) is 11.8 Å². The lowest BCUT2D eigenvalue weighted by atomic mass is 9.96. The third kappa shape index (κ3) is 3.03. The van der Waals surface area contributed by atoms with Gasteiger partial charge in [-0.05, 0) is 44.0 Å². The third-order valence-electron chi connectivity index (χ3n) is 5.26. The normalized spacial score (nSPS) is 25.5. The maximum absolute atomic E-state index is 9.77. The number of aromatic nitrogens is 2. The van der Waals surface area contributed by atoms with Crippen LogP contribution in [0.25, 0.3) is 11.0 Å². The zero-order valence-corrected chi connectivity index (χ0v) is 13.4. The van der Waals surface area contributed by atoms with Crippen molar-refractivity contribution in [2.45, 2.75) is 12.8 Å². The summed E-state index contributed by atoms with van der Waals surface area (Å²) in [5.74, 6) is 1.79. The van der Waals surface area contributed by atoms with Crippen LogP contribution in [0.5, 0.6) is 0 Å². The number of hydrogen-bond acceptors (Lipinski definition) is 5. The van der Waals surface area contributed by atoms with E-state index >= 15 is 0 Å². The molecule has 0 amide bonds. The molecule has 1 aromatic carbocycles. The molecule has 2 fully saturated rings. The molecule has 5 nitrogen and oxygen atoms in total. The fourth-order valence-corrected chi connectivity index (χ4v) is 3.94. The molecule has 2 saturated heterocycles. The molecule has 2 aromatic rings. The van der Waals surface area contributed by atoms with Gasteiger partial charge in [0.1, 0.15) is 5.82 Å². The Morgan fingerprint density at radius 1 is 1.04 bits per heavy atom. The lowest BCUT2D eigenvalue weighted by Gasteiger charge is -2.23. The van der Waals surface area contributed by atoms with Crippen molar-refractivity contribution < 1.29 is 5.11 Å². The predicted octanol–water partition coefficient (Wildman–Crippen LogP) is 1.77. The maximum atomic E-state index is 9.77. The summed E-state index contributed by atoms with van der Waals surface area (Å²) in [4.78, 5) is 14.1. The van der Waals surface area contributed by atoms with Gasteiger partial charge in [0.15, 0.2) is 0 Å². The zero-order valence-electron chi connectivity index (χ0n) is 13.4. The summed E-state index contributed by atoms with van der Waals surface area (Å²) >= 11 is 0. The van der Waals surface area contributed by atoms with E-state index in [4.69, 9.17) is 4.98 Å². The van der Waals surface area contributed by atoms with Gasteiger partial charge >= 0.3 is 0 Å². The summed E-state index contributed by atoms with van der Waals surface area (Å²) in [5, 5.41) is 9.77. The minimum Gasteiger partial charge on any atom is -0.396 e. The fraction of sp³-hybridized carbons (Fsp3) is 0.556. The average molecular weight is 312 g/mol. The number of benzene rings is 1. The highest BCUT2D eigenvalue weighted by atomic mass is 16.3. The summed E-state index contributed by atoms with van der Waals surface area (Å²) in [6, 6.07) is 7.98. The van der Waals surface area contributed by atoms with E-state index < -0.39 is 0 Å². The molecule has 1 aromatic heterocycles. The first-order chi connectivity index (χ1) is 11.3. The van der Waals surface area contributed by atoms with Crippen molar-refractivity contribution in [1.82, 2.24) is 14.9 Å². The first-order valence-electron chi connectivity index (χ1n) is 8.63. The van der Waals surface area contributed by atoms with Gasteiger partial charge in [-0.25, -0.2) is 4.98 Å². The monoisotopic (exact) mass is 312 g/mol. The molecule has 122 valence electrons. The number of fused-ring (bicyclic) bond motifs is 1. The molecule has 2 unspecified atom stereocenters. The molecule has 4 rings (SSSR count). The lowest BCUT2D eigenvalue weighted by molar-refractivity contribution is 0.176. The molecule has 0 aliphatic carbocycles. The molecular formula is C18H24N4O. The highest BCUT2D eigenvalue weighted by Gasteiger charge is 2.34. The maximum Gasteiger partial charge on any atom is 0.147 e. The second-order valence-electron chi connectivity index (χ2n) is 6.83.